The Hall–Kier alpha value is -3.92. The maximum Gasteiger partial charge on any atom is 0.332 e. The monoisotopic (exact) mass is 668 g/mol. The molecule has 1 N–H and O–H groups in total. The minimum Gasteiger partial charge on any atom is -0.387 e. The molecule has 0 saturated carbocycles. The SMILES string of the molecule is CCn1c2ccc(C(=O)c3ccc(C(O)C4SC(C)(CC)SC4C)cc3F)cc2c2cc(/C(=N/OC(C)=O)c3ccccc3)ccc21. The van der Waals surface area contributed by atoms with E-state index in [0.29, 0.717) is 23.4 Å². The van der Waals surface area contributed by atoms with Crippen molar-refractivity contribution < 1.29 is 23.9 Å². The molecule has 47 heavy (non-hydrogen) atoms. The third kappa shape index (κ3) is 6.36. The van der Waals surface area contributed by atoms with Gasteiger partial charge in [0, 0.05) is 62.5 Å². The number of aryl methyl sites for hydroxylation is 1. The first-order valence-electron chi connectivity index (χ1n) is 15.8. The lowest BCUT2D eigenvalue weighted by molar-refractivity contribution is -0.140. The van der Waals surface area contributed by atoms with Crippen LogP contribution < -0.4 is 0 Å². The van der Waals surface area contributed by atoms with Crippen molar-refractivity contribution in [2.45, 2.75) is 68.3 Å². The summed E-state index contributed by atoms with van der Waals surface area (Å²) in [7, 11) is 0. The van der Waals surface area contributed by atoms with Crippen LogP contribution in [0.2, 0.25) is 0 Å². The number of hydrogen-bond acceptors (Lipinski definition) is 7. The van der Waals surface area contributed by atoms with Crippen molar-refractivity contribution in [3.05, 3.63) is 119 Å². The maximum absolute atomic E-state index is 15.6. The highest BCUT2D eigenvalue weighted by Gasteiger charge is 2.44. The fraction of sp³-hybridized carbons (Fsp3) is 0.289. The second kappa shape index (κ2) is 13.3. The van der Waals surface area contributed by atoms with Crippen LogP contribution in [0.4, 0.5) is 4.39 Å². The van der Waals surface area contributed by atoms with Crippen LogP contribution in [0.5, 0.6) is 0 Å². The summed E-state index contributed by atoms with van der Waals surface area (Å²) < 4.78 is 17.8. The van der Waals surface area contributed by atoms with Crippen LogP contribution in [0.1, 0.15) is 79.8 Å². The molecule has 6 nitrogen and oxygen atoms in total. The Morgan fingerprint density at radius 1 is 0.936 bits per heavy atom. The van der Waals surface area contributed by atoms with Gasteiger partial charge in [0.2, 0.25) is 0 Å². The number of aliphatic hydroxyl groups excluding tert-OH is 1. The van der Waals surface area contributed by atoms with E-state index in [1.807, 2.05) is 72.4 Å². The first-order valence-corrected chi connectivity index (χ1v) is 17.5. The second-order valence-electron chi connectivity index (χ2n) is 12.0. The zero-order valence-corrected chi connectivity index (χ0v) is 28.6. The lowest BCUT2D eigenvalue weighted by Gasteiger charge is -2.23. The van der Waals surface area contributed by atoms with Gasteiger partial charge in [-0.15, -0.1) is 23.5 Å². The predicted octanol–water partition coefficient (Wildman–Crippen LogP) is 8.90. The lowest BCUT2D eigenvalue weighted by atomic mass is 9.96. The first kappa shape index (κ1) is 33.0. The van der Waals surface area contributed by atoms with Crippen molar-refractivity contribution in [1.29, 1.82) is 0 Å². The standard InChI is InChI=1S/C38H37FN2O4S2/c1-6-38(5)46-22(3)37(47-38)36(44)27-13-16-28(31(39)21-27)35(43)26-15-18-33-30(20-26)29-19-25(14-17-32(29)41(33)7-2)34(40-45-23(4)42)24-11-9-8-10-12-24/h8-22,36-37,44H,6-7H2,1-5H3/b40-34+. The average molecular weight is 669 g/mol. The number of hydrogen-bond donors (Lipinski definition) is 1. The number of carbonyl (C=O) groups excluding carboxylic acids is 2. The van der Waals surface area contributed by atoms with E-state index >= 15 is 4.39 Å². The number of aromatic nitrogens is 1. The largest absolute Gasteiger partial charge is 0.387 e. The topological polar surface area (TPSA) is 80.9 Å². The molecular weight excluding hydrogens is 632 g/mol. The minimum atomic E-state index is -0.842. The number of carbonyl (C=O) groups is 2. The van der Waals surface area contributed by atoms with Gasteiger partial charge in [-0.1, -0.05) is 61.5 Å². The Bertz CT molecular complexity index is 2030. The minimum absolute atomic E-state index is 0.0120. The van der Waals surface area contributed by atoms with E-state index < -0.39 is 23.7 Å². The Balaban J connectivity index is 1.37. The summed E-state index contributed by atoms with van der Waals surface area (Å²) in [6.07, 6.45) is 0.126. The summed E-state index contributed by atoms with van der Waals surface area (Å²) in [5.74, 6) is -1.61. The summed E-state index contributed by atoms with van der Waals surface area (Å²) in [6.45, 7) is 10.5. The van der Waals surface area contributed by atoms with Gasteiger partial charge in [0.05, 0.1) is 15.7 Å². The van der Waals surface area contributed by atoms with E-state index in [1.54, 1.807) is 23.9 Å². The molecule has 0 spiro atoms. The third-order valence-corrected chi connectivity index (χ3v) is 12.8. The molecule has 0 amide bonds. The number of benzene rings is 4. The van der Waals surface area contributed by atoms with Gasteiger partial charge in [-0.3, -0.25) is 4.79 Å². The van der Waals surface area contributed by atoms with Gasteiger partial charge >= 0.3 is 5.97 Å². The molecule has 4 unspecified atom stereocenters. The Labute approximate surface area is 282 Å². The van der Waals surface area contributed by atoms with Gasteiger partial charge in [0.1, 0.15) is 11.5 Å². The average Bonchev–Trinajstić information content (AvgIpc) is 3.56. The van der Waals surface area contributed by atoms with Crippen molar-refractivity contribution in [3.8, 4) is 0 Å². The number of oxime groups is 1. The van der Waals surface area contributed by atoms with Crippen molar-refractivity contribution in [1.82, 2.24) is 4.57 Å². The number of nitrogens with zero attached hydrogens (tertiary/aromatic N) is 2. The molecular formula is C38H37FN2O4S2. The van der Waals surface area contributed by atoms with Crippen LogP contribution in [0, 0.1) is 5.82 Å². The second-order valence-corrected chi connectivity index (χ2v) is 15.8. The van der Waals surface area contributed by atoms with E-state index in [0.717, 1.165) is 39.4 Å². The van der Waals surface area contributed by atoms with Gasteiger partial charge in [-0.2, -0.15) is 0 Å². The highest BCUT2D eigenvalue weighted by atomic mass is 32.2. The molecule has 2 heterocycles. The molecule has 4 atom stereocenters. The lowest BCUT2D eigenvalue weighted by Crippen LogP contribution is -2.21. The van der Waals surface area contributed by atoms with Crippen LogP contribution in [0.15, 0.2) is 90.1 Å². The first-order chi connectivity index (χ1) is 22.5. The van der Waals surface area contributed by atoms with Crippen LogP contribution in [0.25, 0.3) is 21.8 Å². The Kier molecular flexibility index (Phi) is 9.34. The number of ketones is 1. The van der Waals surface area contributed by atoms with Crippen molar-refractivity contribution in [3.63, 3.8) is 0 Å². The van der Waals surface area contributed by atoms with Gasteiger partial charge in [-0.05, 0) is 68.3 Å². The maximum atomic E-state index is 15.6. The number of rotatable bonds is 9. The molecule has 6 rings (SSSR count). The van der Waals surface area contributed by atoms with Gasteiger partial charge in [0.15, 0.2) is 5.78 Å². The Morgan fingerprint density at radius 3 is 2.19 bits per heavy atom. The zero-order valence-electron chi connectivity index (χ0n) is 27.0. The van der Waals surface area contributed by atoms with Crippen LogP contribution in [0.3, 0.4) is 0 Å². The highest BCUT2D eigenvalue weighted by molar-refractivity contribution is 8.22. The van der Waals surface area contributed by atoms with Gasteiger partial charge in [0.25, 0.3) is 0 Å². The van der Waals surface area contributed by atoms with E-state index in [1.165, 1.54) is 19.1 Å². The molecule has 1 aliphatic rings. The zero-order chi connectivity index (χ0) is 33.5. The molecule has 1 aliphatic heterocycles. The van der Waals surface area contributed by atoms with Gasteiger partial charge < -0.3 is 14.5 Å². The molecule has 242 valence electrons. The molecule has 9 heteroatoms. The molecule has 1 aromatic heterocycles. The van der Waals surface area contributed by atoms with E-state index in [-0.39, 0.29) is 20.1 Å². The van der Waals surface area contributed by atoms with Crippen molar-refractivity contribution in [2.75, 3.05) is 0 Å². The molecule has 5 aromatic rings. The fourth-order valence-corrected chi connectivity index (χ4v) is 10.1. The smallest absolute Gasteiger partial charge is 0.332 e. The summed E-state index contributed by atoms with van der Waals surface area (Å²) in [4.78, 5) is 30.5. The Morgan fingerprint density at radius 2 is 1.60 bits per heavy atom. The highest BCUT2D eigenvalue weighted by Crippen LogP contribution is 2.56. The van der Waals surface area contributed by atoms with Crippen LogP contribution >= 0.6 is 23.5 Å². The van der Waals surface area contributed by atoms with E-state index in [4.69, 9.17) is 4.84 Å². The summed E-state index contributed by atoms with van der Waals surface area (Å²) in [5.41, 5.74) is 4.72. The number of halogens is 1. The number of fused-ring (bicyclic) bond motifs is 3. The molecule has 0 aliphatic carbocycles. The molecule has 4 aromatic carbocycles. The number of aliphatic hydroxyl groups is 1. The fourth-order valence-electron chi connectivity index (χ4n) is 6.32. The quantitative estimate of drug-likeness (QED) is 0.0732. The van der Waals surface area contributed by atoms with Gasteiger partial charge in [-0.25, -0.2) is 9.18 Å². The van der Waals surface area contributed by atoms with Crippen molar-refractivity contribution in [2.24, 2.45) is 5.16 Å². The normalized spacial score (nSPS) is 20.5. The summed E-state index contributed by atoms with van der Waals surface area (Å²) in [6, 6.07) is 25.3. The molecule has 1 fully saturated rings. The summed E-state index contributed by atoms with van der Waals surface area (Å²) in [5, 5.41) is 17.2. The molecule has 0 bridgehead atoms. The molecule has 0 radical (unpaired) electrons. The predicted molar refractivity (Wildman–Crippen MR) is 191 cm³/mol. The third-order valence-electron chi connectivity index (χ3n) is 8.85. The van der Waals surface area contributed by atoms with E-state index in [9.17, 15) is 14.7 Å². The number of thioether (sulfide) groups is 2. The van der Waals surface area contributed by atoms with Crippen LogP contribution in [-0.4, -0.2) is 41.7 Å². The molecule has 1 saturated heterocycles. The van der Waals surface area contributed by atoms with Crippen molar-refractivity contribution >= 4 is 62.8 Å². The van der Waals surface area contributed by atoms with E-state index in [2.05, 4.69) is 37.4 Å². The summed E-state index contributed by atoms with van der Waals surface area (Å²) >= 11 is 3.59. The van der Waals surface area contributed by atoms with Crippen LogP contribution in [-0.2, 0) is 16.2 Å².